The topological polar surface area (TPSA) is 24.7 Å². The predicted molar refractivity (Wildman–Crippen MR) is 61.1 cm³/mol. The van der Waals surface area contributed by atoms with Crippen LogP contribution in [0.3, 0.4) is 0 Å². The molecule has 0 rings (SSSR count). The average Bonchev–Trinajstić information content (AvgIpc) is 1.80. The Morgan fingerprint density at radius 1 is 0.846 bits per heavy atom. The van der Waals surface area contributed by atoms with Crippen molar-refractivity contribution in [2.45, 2.75) is 60.0 Å². The Bertz CT molecular complexity index is 178. The van der Waals surface area contributed by atoms with Crippen molar-refractivity contribution in [3.05, 3.63) is 0 Å². The largest absolute Gasteiger partial charge is 0.291 e. The monoisotopic (exact) mass is 182 g/mol. The lowest BCUT2D eigenvalue weighted by Gasteiger charge is -2.04. The van der Waals surface area contributed by atoms with Crippen LogP contribution >= 0.6 is 0 Å². The van der Waals surface area contributed by atoms with Crippen molar-refractivity contribution in [3.8, 4) is 0 Å². The number of aliphatic imine (C=N–C) groups is 2. The molecule has 13 heavy (non-hydrogen) atoms. The Balaban J connectivity index is 4.13. The highest BCUT2D eigenvalue weighted by Gasteiger charge is 1.98. The van der Waals surface area contributed by atoms with E-state index in [1.165, 1.54) is 11.4 Å². The summed E-state index contributed by atoms with van der Waals surface area (Å²) in [6, 6.07) is 0.790. The van der Waals surface area contributed by atoms with Gasteiger partial charge in [-0.25, -0.2) is 0 Å². The highest BCUT2D eigenvalue weighted by atomic mass is 14.8. The summed E-state index contributed by atoms with van der Waals surface area (Å²) in [5, 5.41) is 0. The van der Waals surface area contributed by atoms with Gasteiger partial charge in [0.25, 0.3) is 0 Å². The Hall–Kier alpha value is -0.660. The van der Waals surface area contributed by atoms with E-state index < -0.39 is 0 Å². The van der Waals surface area contributed by atoms with Crippen LogP contribution in [-0.4, -0.2) is 23.5 Å². The van der Waals surface area contributed by atoms with Crippen LogP contribution in [0.15, 0.2) is 9.98 Å². The van der Waals surface area contributed by atoms with E-state index in [0.717, 1.165) is 6.42 Å². The van der Waals surface area contributed by atoms with Crippen LogP contribution in [-0.2, 0) is 0 Å². The Morgan fingerprint density at radius 3 is 1.38 bits per heavy atom. The fraction of sp³-hybridized carbons (Fsp3) is 0.818. The van der Waals surface area contributed by atoms with E-state index in [0.29, 0.717) is 12.1 Å². The molecule has 2 heteroatoms. The second kappa shape index (κ2) is 5.90. The fourth-order valence-electron chi connectivity index (χ4n) is 1.34. The second-order valence-electron chi connectivity index (χ2n) is 4.09. The molecule has 0 aromatic rings. The fourth-order valence-corrected chi connectivity index (χ4v) is 1.34. The maximum Gasteiger partial charge on any atom is 0.0442 e. The molecule has 0 amide bonds. The summed E-state index contributed by atoms with van der Waals surface area (Å²) in [6.45, 7) is 12.5. The quantitative estimate of drug-likeness (QED) is 0.597. The van der Waals surface area contributed by atoms with E-state index in [2.05, 4.69) is 51.5 Å². The van der Waals surface area contributed by atoms with Crippen molar-refractivity contribution in [3.63, 3.8) is 0 Å². The molecule has 0 heterocycles. The SMILES string of the molecule is C/C(C/C(C)=N/C(C)C)=N\C(C)C. The first-order valence-corrected chi connectivity index (χ1v) is 4.98. The lowest BCUT2D eigenvalue weighted by atomic mass is 10.2. The maximum atomic E-state index is 4.46. The third-order valence-corrected chi connectivity index (χ3v) is 1.47. The summed E-state index contributed by atoms with van der Waals surface area (Å²) in [5.74, 6) is 0. The standard InChI is InChI=1S/C11H22N2/c1-8(2)12-10(5)7-11(6)13-9(3)4/h8-9H,7H2,1-6H3/b12-10+,13-11+. The van der Waals surface area contributed by atoms with E-state index in [-0.39, 0.29) is 0 Å². The van der Waals surface area contributed by atoms with Crippen LogP contribution in [0.2, 0.25) is 0 Å². The summed E-state index contributed by atoms with van der Waals surface area (Å²) in [7, 11) is 0. The van der Waals surface area contributed by atoms with Gasteiger partial charge in [-0.2, -0.15) is 0 Å². The lowest BCUT2D eigenvalue weighted by molar-refractivity contribution is 0.825. The third kappa shape index (κ3) is 7.69. The second-order valence-corrected chi connectivity index (χ2v) is 4.09. The molecule has 0 radical (unpaired) electrons. The van der Waals surface area contributed by atoms with Crippen LogP contribution < -0.4 is 0 Å². The third-order valence-electron chi connectivity index (χ3n) is 1.47. The normalized spacial score (nSPS) is 14.5. The zero-order valence-electron chi connectivity index (χ0n) is 9.76. The van der Waals surface area contributed by atoms with Crippen LogP contribution in [0.25, 0.3) is 0 Å². The zero-order valence-corrected chi connectivity index (χ0v) is 9.76. The van der Waals surface area contributed by atoms with Gasteiger partial charge in [0.2, 0.25) is 0 Å². The van der Waals surface area contributed by atoms with Gasteiger partial charge in [-0.15, -0.1) is 0 Å². The van der Waals surface area contributed by atoms with Crippen molar-refractivity contribution in [1.29, 1.82) is 0 Å². The first kappa shape index (κ1) is 12.3. The van der Waals surface area contributed by atoms with Gasteiger partial charge in [-0.3, -0.25) is 9.98 Å². The molecule has 0 fully saturated rings. The summed E-state index contributed by atoms with van der Waals surface area (Å²) in [6.07, 6.45) is 0.913. The van der Waals surface area contributed by atoms with Gasteiger partial charge in [0.15, 0.2) is 0 Å². The molecule has 2 nitrogen and oxygen atoms in total. The van der Waals surface area contributed by atoms with Gasteiger partial charge in [-0.05, 0) is 41.5 Å². The first-order chi connectivity index (χ1) is 5.91. The molecule has 0 N–H and O–H groups in total. The molecule has 0 bridgehead atoms. The number of hydrogen-bond acceptors (Lipinski definition) is 2. The molecule has 0 aromatic heterocycles. The van der Waals surface area contributed by atoms with E-state index in [1.54, 1.807) is 0 Å². The van der Waals surface area contributed by atoms with Gasteiger partial charge in [0, 0.05) is 29.9 Å². The van der Waals surface area contributed by atoms with E-state index in [9.17, 15) is 0 Å². The molecule has 76 valence electrons. The van der Waals surface area contributed by atoms with E-state index in [1.807, 2.05) is 0 Å². The molecule has 0 aliphatic rings. The van der Waals surface area contributed by atoms with Crippen molar-refractivity contribution in [2.24, 2.45) is 9.98 Å². The van der Waals surface area contributed by atoms with Crippen LogP contribution in [0.5, 0.6) is 0 Å². The van der Waals surface area contributed by atoms with Crippen LogP contribution in [0, 0.1) is 0 Å². The maximum absolute atomic E-state index is 4.46. The minimum absolute atomic E-state index is 0.395. The zero-order chi connectivity index (χ0) is 10.4. The minimum Gasteiger partial charge on any atom is -0.291 e. The molecule has 0 aliphatic heterocycles. The van der Waals surface area contributed by atoms with Crippen molar-refractivity contribution < 1.29 is 0 Å². The van der Waals surface area contributed by atoms with E-state index >= 15 is 0 Å². The summed E-state index contributed by atoms with van der Waals surface area (Å²) < 4.78 is 0. The van der Waals surface area contributed by atoms with Crippen molar-refractivity contribution >= 4 is 11.4 Å². The first-order valence-electron chi connectivity index (χ1n) is 4.98. The average molecular weight is 182 g/mol. The summed E-state index contributed by atoms with van der Waals surface area (Å²) in [5.41, 5.74) is 2.36. The highest BCUT2D eigenvalue weighted by molar-refractivity contribution is 6.02. The molecule has 0 spiro atoms. The molecule has 0 unspecified atom stereocenters. The Kier molecular flexibility index (Phi) is 5.60. The molecular formula is C11H22N2. The molecule has 0 saturated heterocycles. The van der Waals surface area contributed by atoms with Gasteiger partial charge in [0.05, 0.1) is 0 Å². The highest BCUT2D eigenvalue weighted by Crippen LogP contribution is 1.97. The Labute approximate surface area is 82.2 Å². The van der Waals surface area contributed by atoms with Gasteiger partial charge >= 0.3 is 0 Å². The van der Waals surface area contributed by atoms with Crippen molar-refractivity contribution in [2.75, 3.05) is 0 Å². The minimum atomic E-state index is 0.395. The number of nitrogens with zero attached hydrogens (tertiary/aromatic N) is 2. The molecular weight excluding hydrogens is 160 g/mol. The number of hydrogen-bond donors (Lipinski definition) is 0. The summed E-state index contributed by atoms with van der Waals surface area (Å²) in [4.78, 5) is 8.92. The van der Waals surface area contributed by atoms with Gasteiger partial charge in [0.1, 0.15) is 0 Å². The van der Waals surface area contributed by atoms with Crippen molar-refractivity contribution in [1.82, 2.24) is 0 Å². The van der Waals surface area contributed by atoms with E-state index in [4.69, 9.17) is 0 Å². The van der Waals surface area contributed by atoms with Gasteiger partial charge < -0.3 is 0 Å². The molecule has 0 aromatic carbocycles. The van der Waals surface area contributed by atoms with Gasteiger partial charge in [-0.1, -0.05) is 0 Å². The predicted octanol–water partition coefficient (Wildman–Crippen LogP) is 3.12. The molecule has 0 aliphatic carbocycles. The molecule has 0 atom stereocenters. The smallest absolute Gasteiger partial charge is 0.0442 e. The molecule has 0 saturated carbocycles. The number of rotatable bonds is 4. The summed E-state index contributed by atoms with van der Waals surface area (Å²) >= 11 is 0. The Morgan fingerprint density at radius 2 is 1.15 bits per heavy atom. The lowest BCUT2D eigenvalue weighted by Crippen LogP contribution is -2.06. The van der Waals surface area contributed by atoms with Crippen LogP contribution in [0.1, 0.15) is 48.0 Å². The van der Waals surface area contributed by atoms with Crippen LogP contribution in [0.4, 0.5) is 0 Å².